The first-order valence-corrected chi connectivity index (χ1v) is 6.96. The van der Waals surface area contributed by atoms with E-state index in [1.165, 1.54) is 7.11 Å². The molecule has 0 fully saturated rings. The lowest BCUT2D eigenvalue weighted by atomic mass is 10.2. The van der Waals surface area contributed by atoms with Gasteiger partial charge in [0.15, 0.2) is 0 Å². The maximum Gasteiger partial charge on any atom is 0.260 e. The number of anilines is 1. The van der Waals surface area contributed by atoms with Crippen molar-refractivity contribution in [1.29, 1.82) is 0 Å². The lowest BCUT2D eigenvalue weighted by Gasteiger charge is -2.10. The van der Waals surface area contributed by atoms with Crippen molar-refractivity contribution in [2.45, 2.75) is 0 Å². The summed E-state index contributed by atoms with van der Waals surface area (Å²) in [5, 5.41) is 2.73. The van der Waals surface area contributed by atoms with E-state index in [1.807, 2.05) is 0 Å². The van der Waals surface area contributed by atoms with E-state index >= 15 is 0 Å². The zero-order valence-corrected chi connectivity index (χ0v) is 13.2. The first-order valence-electron chi connectivity index (χ1n) is 5.37. The average molecular weight is 386 g/mol. The SMILES string of the molecule is COc1cc(Br)ccc1C(=O)Nc1ncccc1Br. The molecule has 4 nitrogen and oxygen atoms in total. The van der Waals surface area contributed by atoms with Crippen molar-refractivity contribution in [3.63, 3.8) is 0 Å². The molecule has 1 aromatic heterocycles. The van der Waals surface area contributed by atoms with Crippen molar-refractivity contribution in [1.82, 2.24) is 4.98 Å². The Bertz CT molecular complexity index is 617. The van der Waals surface area contributed by atoms with Gasteiger partial charge in [0.05, 0.1) is 17.1 Å². The topological polar surface area (TPSA) is 51.2 Å². The molecule has 0 unspecified atom stereocenters. The van der Waals surface area contributed by atoms with Crippen LogP contribution in [0.1, 0.15) is 10.4 Å². The number of hydrogen-bond donors (Lipinski definition) is 1. The Hall–Kier alpha value is -1.40. The van der Waals surface area contributed by atoms with Crippen LogP contribution in [0.3, 0.4) is 0 Å². The molecular formula is C13H10Br2N2O2. The number of pyridine rings is 1. The summed E-state index contributed by atoms with van der Waals surface area (Å²) in [7, 11) is 1.52. The molecule has 2 aromatic rings. The lowest BCUT2D eigenvalue weighted by molar-refractivity contribution is 0.102. The molecule has 0 spiro atoms. The predicted octanol–water partition coefficient (Wildman–Crippen LogP) is 3.87. The molecule has 0 bridgehead atoms. The Morgan fingerprint density at radius 1 is 1.32 bits per heavy atom. The minimum absolute atomic E-state index is 0.274. The molecule has 19 heavy (non-hydrogen) atoms. The van der Waals surface area contributed by atoms with Crippen molar-refractivity contribution >= 4 is 43.6 Å². The number of rotatable bonds is 3. The highest BCUT2D eigenvalue weighted by molar-refractivity contribution is 9.10. The molecule has 0 saturated carbocycles. The van der Waals surface area contributed by atoms with E-state index in [0.29, 0.717) is 17.1 Å². The van der Waals surface area contributed by atoms with Crippen LogP contribution in [0.15, 0.2) is 45.5 Å². The minimum atomic E-state index is -0.274. The molecule has 0 aliphatic carbocycles. The van der Waals surface area contributed by atoms with Crippen LogP contribution in [0.5, 0.6) is 5.75 Å². The van der Waals surface area contributed by atoms with Gasteiger partial charge in [0.25, 0.3) is 5.91 Å². The molecule has 0 aliphatic rings. The Kier molecular flexibility index (Phi) is 4.55. The molecule has 1 N–H and O–H groups in total. The van der Waals surface area contributed by atoms with E-state index in [0.717, 1.165) is 8.95 Å². The lowest BCUT2D eigenvalue weighted by Crippen LogP contribution is -2.14. The van der Waals surface area contributed by atoms with Crippen LogP contribution in [0.4, 0.5) is 5.82 Å². The number of carbonyl (C=O) groups is 1. The van der Waals surface area contributed by atoms with Crippen molar-refractivity contribution in [3.05, 3.63) is 51.0 Å². The van der Waals surface area contributed by atoms with Crippen molar-refractivity contribution < 1.29 is 9.53 Å². The zero-order chi connectivity index (χ0) is 13.8. The second-order valence-corrected chi connectivity index (χ2v) is 5.40. The number of nitrogens with zero attached hydrogens (tertiary/aromatic N) is 1. The first kappa shape index (κ1) is 14.0. The van der Waals surface area contributed by atoms with Crippen molar-refractivity contribution in [3.8, 4) is 5.75 Å². The standard InChI is InChI=1S/C13H10Br2N2O2/c1-19-11-7-8(14)4-5-9(11)13(18)17-12-10(15)3-2-6-16-12/h2-7H,1H3,(H,16,17,18). The molecule has 2 rings (SSSR count). The Labute approximate surface area is 127 Å². The van der Waals surface area contributed by atoms with Crippen LogP contribution in [0.2, 0.25) is 0 Å². The summed E-state index contributed by atoms with van der Waals surface area (Å²) in [6.45, 7) is 0. The van der Waals surface area contributed by atoms with Crippen LogP contribution in [-0.4, -0.2) is 18.0 Å². The number of halogens is 2. The van der Waals surface area contributed by atoms with Crippen LogP contribution < -0.4 is 10.1 Å². The van der Waals surface area contributed by atoms with E-state index in [2.05, 4.69) is 42.2 Å². The van der Waals surface area contributed by atoms with Crippen LogP contribution in [-0.2, 0) is 0 Å². The molecule has 1 heterocycles. The minimum Gasteiger partial charge on any atom is -0.496 e. The molecule has 0 aliphatic heterocycles. The number of hydrogen-bond acceptors (Lipinski definition) is 3. The fraction of sp³-hybridized carbons (Fsp3) is 0.0769. The summed E-state index contributed by atoms with van der Waals surface area (Å²) in [5.74, 6) is 0.695. The van der Waals surface area contributed by atoms with Gasteiger partial charge in [0, 0.05) is 10.7 Å². The van der Waals surface area contributed by atoms with E-state index in [9.17, 15) is 4.79 Å². The summed E-state index contributed by atoms with van der Waals surface area (Å²) < 4.78 is 6.76. The molecule has 1 amide bonds. The second kappa shape index (κ2) is 6.16. The van der Waals surface area contributed by atoms with Crippen LogP contribution in [0, 0.1) is 0 Å². The van der Waals surface area contributed by atoms with E-state index in [1.54, 1.807) is 36.5 Å². The van der Waals surface area contributed by atoms with Gasteiger partial charge in [-0.15, -0.1) is 0 Å². The largest absolute Gasteiger partial charge is 0.496 e. The monoisotopic (exact) mass is 384 g/mol. The number of carbonyl (C=O) groups excluding carboxylic acids is 1. The summed E-state index contributed by atoms with van der Waals surface area (Å²) >= 11 is 6.66. The van der Waals surface area contributed by atoms with Crippen LogP contribution >= 0.6 is 31.9 Å². The molecule has 6 heteroatoms. The summed E-state index contributed by atoms with van der Waals surface area (Å²) in [6.07, 6.45) is 1.61. The molecule has 0 radical (unpaired) electrons. The van der Waals surface area contributed by atoms with E-state index < -0.39 is 0 Å². The van der Waals surface area contributed by atoms with Crippen LogP contribution in [0.25, 0.3) is 0 Å². The van der Waals surface area contributed by atoms with Crippen molar-refractivity contribution in [2.24, 2.45) is 0 Å². The molecule has 0 atom stereocenters. The second-order valence-electron chi connectivity index (χ2n) is 3.63. The number of ether oxygens (including phenoxy) is 1. The summed E-state index contributed by atoms with van der Waals surface area (Å²) in [4.78, 5) is 16.3. The Morgan fingerprint density at radius 3 is 2.79 bits per heavy atom. The van der Waals surface area contributed by atoms with Gasteiger partial charge in [0.1, 0.15) is 11.6 Å². The summed E-state index contributed by atoms with van der Waals surface area (Å²) in [6, 6.07) is 8.80. The fourth-order valence-electron chi connectivity index (χ4n) is 1.51. The van der Waals surface area contributed by atoms with Gasteiger partial charge in [-0.2, -0.15) is 0 Å². The normalized spacial score (nSPS) is 10.1. The number of methoxy groups -OCH3 is 1. The number of nitrogens with one attached hydrogen (secondary N) is 1. The predicted molar refractivity (Wildman–Crippen MR) is 80.6 cm³/mol. The highest BCUT2D eigenvalue weighted by Crippen LogP contribution is 2.25. The van der Waals surface area contributed by atoms with Gasteiger partial charge in [-0.1, -0.05) is 15.9 Å². The van der Waals surface area contributed by atoms with E-state index in [-0.39, 0.29) is 5.91 Å². The number of aromatic nitrogens is 1. The Balaban J connectivity index is 2.28. The summed E-state index contributed by atoms with van der Waals surface area (Å²) in [5.41, 5.74) is 0.447. The fourth-order valence-corrected chi connectivity index (χ4v) is 2.20. The van der Waals surface area contributed by atoms with Gasteiger partial charge >= 0.3 is 0 Å². The number of benzene rings is 1. The highest BCUT2D eigenvalue weighted by Gasteiger charge is 2.14. The van der Waals surface area contributed by atoms with Crippen molar-refractivity contribution in [2.75, 3.05) is 12.4 Å². The molecular weight excluding hydrogens is 376 g/mol. The third-order valence-electron chi connectivity index (χ3n) is 2.40. The quantitative estimate of drug-likeness (QED) is 0.872. The highest BCUT2D eigenvalue weighted by atomic mass is 79.9. The molecule has 98 valence electrons. The zero-order valence-electron chi connectivity index (χ0n) is 9.98. The van der Waals surface area contributed by atoms with Gasteiger partial charge in [-0.25, -0.2) is 4.98 Å². The van der Waals surface area contributed by atoms with E-state index in [4.69, 9.17) is 4.74 Å². The molecule has 0 saturated heterocycles. The van der Waals surface area contributed by atoms with Gasteiger partial charge in [0.2, 0.25) is 0 Å². The maximum absolute atomic E-state index is 12.2. The van der Waals surface area contributed by atoms with Gasteiger partial charge in [-0.05, 0) is 46.3 Å². The smallest absolute Gasteiger partial charge is 0.260 e. The van der Waals surface area contributed by atoms with Gasteiger partial charge < -0.3 is 10.1 Å². The Morgan fingerprint density at radius 2 is 2.11 bits per heavy atom. The third kappa shape index (κ3) is 3.33. The van der Waals surface area contributed by atoms with Gasteiger partial charge in [-0.3, -0.25) is 4.79 Å². The first-order chi connectivity index (χ1) is 9.11. The third-order valence-corrected chi connectivity index (χ3v) is 3.53. The number of amides is 1. The molecule has 1 aromatic carbocycles. The maximum atomic E-state index is 12.2. The average Bonchev–Trinajstić information content (AvgIpc) is 2.41.